The largest absolute Gasteiger partial charge is 0.451 e. The van der Waals surface area contributed by atoms with Crippen LogP contribution in [-0.2, 0) is 6.18 Å². The molecule has 2 aromatic rings. The monoisotopic (exact) mass is 300 g/mol. The van der Waals surface area contributed by atoms with Gasteiger partial charge in [0.2, 0.25) is 5.82 Å². The summed E-state index contributed by atoms with van der Waals surface area (Å²) in [7, 11) is 1.43. The molecule has 0 spiro atoms. The summed E-state index contributed by atoms with van der Waals surface area (Å²) in [4.78, 5) is 6.68. The van der Waals surface area contributed by atoms with Crippen LogP contribution in [0.25, 0.3) is 0 Å². The molecule has 2 N–H and O–H groups in total. The lowest BCUT2D eigenvalue weighted by atomic mass is 10.2. The first kappa shape index (κ1) is 15.0. The molecule has 0 aliphatic rings. The number of aromatic nitrogens is 2. The summed E-state index contributed by atoms with van der Waals surface area (Å²) in [5.74, 6) is -2.05. The Kier molecular flexibility index (Phi) is 3.97. The van der Waals surface area contributed by atoms with E-state index in [0.29, 0.717) is 5.56 Å². The van der Waals surface area contributed by atoms with E-state index < -0.39 is 17.8 Å². The molecule has 0 aliphatic carbocycles. The molecule has 0 aliphatic heterocycles. The SMILES string of the molecule is CNc1cc(Nc2ccc(C)cc2F)nc(C(F)(F)F)n1. The Morgan fingerprint density at radius 3 is 2.29 bits per heavy atom. The lowest BCUT2D eigenvalue weighted by Crippen LogP contribution is -2.13. The minimum absolute atomic E-state index is 0.0210. The maximum atomic E-state index is 13.7. The Labute approximate surface area is 118 Å². The molecule has 0 saturated heterocycles. The fraction of sp³-hybridized carbons (Fsp3) is 0.231. The summed E-state index contributed by atoms with van der Waals surface area (Å²) in [5, 5.41) is 5.03. The average Bonchev–Trinajstić information content (AvgIpc) is 2.40. The van der Waals surface area contributed by atoms with Crippen molar-refractivity contribution in [2.45, 2.75) is 13.1 Å². The van der Waals surface area contributed by atoms with Crippen LogP contribution in [0.1, 0.15) is 11.4 Å². The molecule has 0 radical (unpaired) electrons. The van der Waals surface area contributed by atoms with E-state index in [1.54, 1.807) is 13.0 Å². The van der Waals surface area contributed by atoms with E-state index in [0.717, 1.165) is 0 Å². The van der Waals surface area contributed by atoms with Gasteiger partial charge in [-0.3, -0.25) is 0 Å². The molecule has 21 heavy (non-hydrogen) atoms. The molecule has 0 atom stereocenters. The summed E-state index contributed by atoms with van der Waals surface area (Å²) in [6.45, 7) is 1.71. The number of anilines is 3. The van der Waals surface area contributed by atoms with Crippen molar-refractivity contribution < 1.29 is 17.6 Å². The number of hydrogen-bond donors (Lipinski definition) is 2. The fourth-order valence-corrected chi connectivity index (χ4v) is 1.63. The molecule has 0 bridgehead atoms. The Morgan fingerprint density at radius 1 is 1.05 bits per heavy atom. The van der Waals surface area contributed by atoms with Crippen LogP contribution in [0, 0.1) is 12.7 Å². The standard InChI is InChI=1S/C13H12F4N4/c1-7-3-4-9(8(14)5-7)19-11-6-10(18-2)20-12(21-11)13(15,16)17/h3-6H,1-2H3,(H2,18,19,20,21). The van der Waals surface area contributed by atoms with Crippen LogP contribution in [0.4, 0.5) is 34.9 Å². The topological polar surface area (TPSA) is 49.8 Å². The lowest BCUT2D eigenvalue weighted by molar-refractivity contribution is -0.144. The summed E-state index contributed by atoms with van der Waals surface area (Å²) >= 11 is 0. The fourth-order valence-electron chi connectivity index (χ4n) is 1.63. The van der Waals surface area contributed by atoms with Gasteiger partial charge in [0.15, 0.2) is 0 Å². The molecule has 2 rings (SSSR count). The van der Waals surface area contributed by atoms with Crippen LogP contribution in [0.3, 0.4) is 0 Å². The van der Waals surface area contributed by atoms with Crippen molar-refractivity contribution in [3.63, 3.8) is 0 Å². The van der Waals surface area contributed by atoms with Crippen LogP contribution in [-0.4, -0.2) is 17.0 Å². The number of aryl methyl sites for hydroxylation is 1. The number of alkyl halides is 3. The molecule has 4 nitrogen and oxygen atoms in total. The molecule has 1 aromatic carbocycles. The van der Waals surface area contributed by atoms with Gasteiger partial charge < -0.3 is 10.6 Å². The van der Waals surface area contributed by atoms with Crippen molar-refractivity contribution in [3.8, 4) is 0 Å². The van der Waals surface area contributed by atoms with Gasteiger partial charge in [0.25, 0.3) is 0 Å². The zero-order valence-corrected chi connectivity index (χ0v) is 11.2. The minimum atomic E-state index is -4.69. The molecule has 0 amide bonds. The second-order valence-corrected chi connectivity index (χ2v) is 4.32. The van der Waals surface area contributed by atoms with E-state index in [1.807, 2.05) is 0 Å². The predicted octanol–water partition coefficient (Wildman–Crippen LogP) is 3.73. The Morgan fingerprint density at radius 2 is 1.71 bits per heavy atom. The van der Waals surface area contributed by atoms with Gasteiger partial charge in [-0.2, -0.15) is 13.2 Å². The number of halogens is 4. The van der Waals surface area contributed by atoms with Crippen molar-refractivity contribution >= 4 is 17.3 Å². The Bertz CT molecular complexity index is 655. The van der Waals surface area contributed by atoms with Crippen LogP contribution in [0.5, 0.6) is 0 Å². The van der Waals surface area contributed by atoms with Gasteiger partial charge >= 0.3 is 6.18 Å². The number of hydrogen-bond acceptors (Lipinski definition) is 4. The van der Waals surface area contributed by atoms with Gasteiger partial charge in [0.05, 0.1) is 5.69 Å². The van der Waals surface area contributed by atoms with Gasteiger partial charge in [-0.1, -0.05) is 6.07 Å². The van der Waals surface area contributed by atoms with E-state index in [9.17, 15) is 17.6 Å². The molecule has 112 valence electrons. The predicted molar refractivity (Wildman–Crippen MR) is 71.0 cm³/mol. The molecule has 0 fully saturated rings. The van der Waals surface area contributed by atoms with Crippen LogP contribution in [0.15, 0.2) is 24.3 Å². The van der Waals surface area contributed by atoms with E-state index in [2.05, 4.69) is 20.6 Å². The van der Waals surface area contributed by atoms with Crippen molar-refractivity contribution in [3.05, 3.63) is 41.5 Å². The second-order valence-electron chi connectivity index (χ2n) is 4.32. The minimum Gasteiger partial charge on any atom is -0.373 e. The highest BCUT2D eigenvalue weighted by molar-refractivity contribution is 5.60. The van der Waals surface area contributed by atoms with Crippen molar-refractivity contribution in [2.75, 3.05) is 17.7 Å². The maximum absolute atomic E-state index is 13.7. The quantitative estimate of drug-likeness (QED) is 0.848. The normalized spacial score (nSPS) is 11.3. The van der Waals surface area contributed by atoms with E-state index in [1.165, 1.54) is 25.2 Å². The van der Waals surface area contributed by atoms with E-state index in [4.69, 9.17) is 0 Å². The first-order valence-corrected chi connectivity index (χ1v) is 5.97. The third kappa shape index (κ3) is 3.59. The lowest BCUT2D eigenvalue weighted by Gasteiger charge is -2.12. The van der Waals surface area contributed by atoms with Gasteiger partial charge in [-0.05, 0) is 24.6 Å². The van der Waals surface area contributed by atoms with Crippen molar-refractivity contribution in [1.82, 2.24) is 9.97 Å². The number of nitrogens with zero attached hydrogens (tertiary/aromatic N) is 2. The number of benzene rings is 1. The highest BCUT2D eigenvalue weighted by Crippen LogP contribution is 2.29. The van der Waals surface area contributed by atoms with Gasteiger partial charge in [-0.25, -0.2) is 14.4 Å². The zero-order chi connectivity index (χ0) is 15.6. The maximum Gasteiger partial charge on any atom is 0.451 e. The molecule has 8 heteroatoms. The van der Waals surface area contributed by atoms with Crippen LogP contribution >= 0.6 is 0 Å². The smallest absolute Gasteiger partial charge is 0.373 e. The number of nitrogens with one attached hydrogen (secondary N) is 2. The summed E-state index contributed by atoms with van der Waals surface area (Å²) in [6.07, 6.45) is -4.69. The zero-order valence-electron chi connectivity index (χ0n) is 11.2. The summed E-state index contributed by atoms with van der Waals surface area (Å²) in [5.41, 5.74) is 0.738. The van der Waals surface area contributed by atoms with Crippen molar-refractivity contribution in [1.29, 1.82) is 0 Å². The van der Waals surface area contributed by atoms with Crippen LogP contribution in [0.2, 0.25) is 0 Å². The number of rotatable bonds is 3. The van der Waals surface area contributed by atoms with Crippen molar-refractivity contribution in [2.24, 2.45) is 0 Å². The summed E-state index contributed by atoms with van der Waals surface area (Å²) < 4.78 is 51.8. The molecule has 0 saturated carbocycles. The van der Waals surface area contributed by atoms with Gasteiger partial charge in [0.1, 0.15) is 17.5 Å². The molecule has 1 heterocycles. The van der Waals surface area contributed by atoms with E-state index in [-0.39, 0.29) is 17.3 Å². The third-order valence-electron chi connectivity index (χ3n) is 2.62. The third-order valence-corrected chi connectivity index (χ3v) is 2.62. The van der Waals surface area contributed by atoms with Crippen LogP contribution < -0.4 is 10.6 Å². The average molecular weight is 300 g/mol. The Balaban J connectivity index is 2.39. The first-order valence-electron chi connectivity index (χ1n) is 5.97. The molecular weight excluding hydrogens is 288 g/mol. The first-order chi connectivity index (χ1) is 9.79. The molecule has 1 aromatic heterocycles. The van der Waals surface area contributed by atoms with Gasteiger partial charge in [-0.15, -0.1) is 0 Å². The highest BCUT2D eigenvalue weighted by atomic mass is 19.4. The second kappa shape index (κ2) is 5.55. The van der Waals surface area contributed by atoms with E-state index >= 15 is 0 Å². The molecule has 0 unspecified atom stereocenters. The highest BCUT2D eigenvalue weighted by Gasteiger charge is 2.35. The molecular formula is C13H12F4N4. The summed E-state index contributed by atoms with van der Waals surface area (Å²) in [6, 6.07) is 5.59. The Hall–Kier alpha value is -2.38. The van der Waals surface area contributed by atoms with Gasteiger partial charge in [0, 0.05) is 13.1 Å².